The van der Waals surface area contributed by atoms with Crippen LogP contribution in [0, 0.1) is 6.92 Å². The maximum Gasteiger partial charge on any atom is 0.266 e. The summed E-state index contributed by atoms with van der Waals surface area (Å²) in [5.74, 6) is 0.0770. The summed E-state index contributed by atoms with van der Waals surface area (Å²) in [5.41, 5.74) is 0.930. The highest BCUT2D eigenvalue weighted by Gasteiger charge is 2.27. The standard InChI is InChI=1S/C17H22N4OS/c1-13-20-11-16(23-13)17(22)21(12-14-5-2-3-9-19-14)15-6-4-8-18-10-7-15/h2-3,5,9,11,15,18H,4,6-8,10,12H2,1H3. The normalized spacial score (nSPS) is 18.4. The SMILES string of the molecule is Cc1ncc(C(=O)N(Cc2ccccn2)C2CCCNCC2)s1. The second-order valence-electron chi connectivity index (χ2n) is 5.83. The van der Waals surface area contributed by atoms with Gasteiger partial charge in [-0.15, -0.1) is 11.3 Å². The Bertz CT molecular complexity index is 635. The van der Waals surface area contributed by atoms with Gasteiger partial charge in [-0.2, -0.15) is 0 Å². The lowest BCUT2D eigenvalue weighted by atomic mass is 10.1. The van der Waals surface area contributed by atoms with Gasteiger partial charge in [0.15, 0.2) is 0 Å². The second kappa shape index (κ2) is 7.66. The lowest BCUT2D eigenvalue weighted by Crippen LogP contribution is -2.40. The van der Waals surface area contributed by atoms with Gasteiger partial charge < -0.3 is 10.2 Å². The van der Waals surface area contributed by atoms with E-state index in [4.69, 9.17) is 0 Å². The molecule has 23 heavy (non-hydrogen) atoms. The van der Waals surface area contributed by atoms with Gasteiger partial charge in [0.25, 0.3) is 5.91 Å². The van der Waals surface area contributed by atoms with Crippen molar-refractivity contribution in [1.82, 2.24) is 20.2 Å². The molecule has 1 unspecified atom stereocenters. The van der Waals surface area contributed by atoms with Crippen molar-refractivity contribution < 1.29 is 4.79 Å². The van der Waals surface area contributed by atoms with Crippen LogP contribution in [0.2, 0.25) is 0 Å². The number of pyridine rings is 1. The molecule has 1 aliphatic rings. The molecule has 1 saturated heterocycles. The van der Waals surface area contributed by atoms with Crippen molar-refractivity contribution in [3.05, 3.63) is 46.2 Å². The molecule has 1 fully saturated rings. The van der Waals surface area contributed by atoms with Crippen LogP contribution in [0.25, 0.3) is 0 Å². The predicted octanol–water partition coefficient (Wildman–Crippen LogP) is 2.63. The average molecular weight is 330 g/mol. The van der Waals surface area contributed by atoms with Crippen molar-refractivity contribution in [3.8, 4) is 0 Å². The van der Waals surface area contributed by atoms with Gasteiger partial charge in [0.2, 0.25) is 0 Å². The Kier molecular flexibility index (Phi) is 5.35. The number of aryl methyl sites for hydroxylation is 1. The first-order chi connectivity index (χ1) is 11.2. The molecule has 3 heterocycles. The number of nitrogens with one attached hydrogen (secondary N) is 1. The van der Waals surface area contributed by atoms with E-state index in [0.29, 0.717) is 6.54 Å². The lowest BCUT2D eigenvalue weighted by molar-refractivity contribution is 0.0647. The van der Waals surface area contributed by atoms with E-state index in [1.54, 1.807) is 12.4 Å². The Labute approximate surface area is 140 Å². The smallest absolute Gasteiger partial charge is 0.266 e. The van der Waals surface area contributed by atoms with Crippen LogP contribution in [0.5, 0.6) is 0 Å². The van der Waals surface area contributed by atoms with Crippen LogP contribution in [0.1, 0.15) is 39.6 Å². The molecule has 1 aliphatic heterocycles. The summed E-state index contributed by atoms with van der Waals surface area (Å²) in [6.07, 6.45) is 6.59. The molecule has 1 atom stereocenters. The number of hydrogen-bond donors (Lipinski definition) is 1. The summed E-state index contributed by atoms with van der Waals surface area (Å²) in [4.78, 5) is 24.4. The molecular formula is C17H22N4OS. The summed E-state index contributed by atoms with van der Waals surface area (Å²) >= 11 is 1.47. The zero-order valence-corrected chi connectivity index (χ0v) is 14.2. The van der Waals surface area contributed by atoms with E-state index in [-0.39, 0.29) is 11.9 Å². The zero-order valence-electron chi connectivity index (χ0n) is 13.4. The molecule has 3 rings (SSSR count). The van der Waals surface area contributed by atoms with Crippen LogP contribution in [0.3, 0.4) is 0 Å². The zero-order chi connectivity index (χ0) is 16.1. The van der Waals surface area contributed by atoms with Crippen molar-refractivity contribution in [2.45, 2.75) is 38.8 Å². The maximum atomic E-state index is 13.0. The van der Waals surface area contributed by atoms with Crippen molar-refractivity contribution in [3.63, 3.8) is 0 Å². The molecule has 1 amide bonds. The van der Waals surface area contributed by atoms with Gasteiger partial charge in [-0.3, -0.25) is 9.78 Å². The van der Waals surface area contributed by atoms with E-state index in [9.17, 15) is 4.79 Å². The molecule has 0 saturated carbocycles. The molecule has 0 bridgehead atoms. The summed E-state index contributed by atoms with van der Waals surface area (Å²) in [7, 11) is 0. The molecule has 1 N–H and O–H groups in total. The molecule has 0 aromatic carbocycles. The van der Waals surface area contributed by atoms with E-state index < -0.39 is 0 Å². The first-order valence-electron chi connectivity index (χ1n) is 8.08. The fourth-order valence-corrected chi connectivity index (χ4v) is 3.68. The Morgan fingerprint density at radius 3 is 3.00 bits per heavy atom. The monoisotopic (exact) mass is 330 g/mol. The van der Waals surface area contributed by atoms with Gasteiger partial charge in [0.1, 0.15) is 4.88 Å². The van der Waals surface area contributed by atoms with Crippen LogP contribution >= 0.6 is 11.3 Å². The number of carbonyl (C=O) groups is 1. The van der Waals surface area contributed by atoms with E-state index in [1.165, 1.54) is 11.3 Å². The highest BCUT2D eigenvalue weighted by atomic mass is 32.1. The topological polar surface area (TPSA) is 58.1 Å². The van der Waals surface area contributed by atoms with E-state index in [0.717, 1.165) is 47.9 Å². The van der Waals surface area contributed by atoms with Gasteiger partial charge in [0.05, 0.1) is 23.4 Å². The van der Waals surface area contributed by atoms with Gasteiger partial charge in [0, 0.05) is 12.2 Å². The predicted molar refractivity (Wildman–Crippen MR) is 91.5 cm³/mol. The Hall–Kier alpha value is -1.79. The number of aromatic nitrogens is 2. The van der Waals surface area contributed by atoms with Crippen molar-refractivity contribution in [2.24, 2.45) is 0 Å². The van der Waals surface area contributed by atoms with Crippen LogP contribution in [-0.2, 0) is 6.54 Å². The summed E-state index contributed by atoms with van der Waals surface area (Å²) in [5, 5.41) is 4.34. The number of hydrogen-bond acceptors (Lipinski definition) is 5. The molecular weight excluding hydrogens is 308 g/mol. The highest BCUT2D eigenvalue weighted by Crippen LogP contribution is 2.22. The number of rotatable bonds is 4. The minimum Gasteiger partial charge on any atom is -0.329 e. The van der Waals surface area contributed by atoms with E-state index in [2.05, 4.69) is 15.3 Å². The van der Waals surface area contributed by atoms with Crippen molar-refractivity contribution in [2.75, 3.05) is 13.1 Å². The van der Waals surface area contributed by atoms with Crippen LogP contribution < -0.4 is 5.32 Å². The Morgan fingerprint density at radius 2 is 2.26 bits per heavy atom. The Balaban J connectivity index is 1.84. The first kappa shape index (κ1) is 16.1. The fraction of sp³-hybridized carbons (Fsp3) is 0.471. The summed E-state index contributed by atoms with van der Waals surface area (Å²) in [6, 6.07) is 6.10. The molecule has 2 aromatic rings. The average Bonchev–Trinajstić information content (AvgIpc) is 2.84. The van der Waals surface area contributed by atoms with E-state index in [1.807, 2.05) is 30.0 Å². The number of thiazole rings is 1. The van der Waals surface area contributed by atoms with Crippen LogP contribution in [0.15, 0.2) is 30.6 Å². The highest BCUT2D eigenvalue weighted by molar-refractivity contribution is 7.13. The first-order valence-corrected chi connectivity index (χ1v) is 8.90. The minimum atomic E-state index is 0.0770. The summed E-state index contributed by atoms with van der Waals surface area (Å²) in [6.45, 7) is 4.47. The van der Waals surface area contributed by atoms with Gasteiger partial charge >= 0.3 is 0 Å². The molecule has 0 radical (unpaired) electrons. The lowest BCUT2D eigenvalue weighted by Gasteiger charge is -2.30. The quantitative estimate of drug-likeness (QED) is 0.936. The molecule has 0 spiro atoms. The fourth-order valence-electron chi connectivity index (χ4n) is 2.95. The maximum absolute atomic E-state index is 13.0. The van der Waals surface area contributed by atoms with Crippen LogP contribution in [-0.4, -0.2) is 39.9 Å². The Morgan fingerprint density at radius 1 is 1.35 bits per heavy atom. The van der Waals surface area contributed by atoms with Gasteiger partial charge in [-0.25, -0.2) is 4.98 Å². The third-order valence-corrected chi connectivity index (χ3v) is 5.04. The third kappa shape index (κ3) is 4.14. The second-order valence-corrected chi connectivity index (χ2v) is 7.07. The number of amides is 1. The number of nitrogens with zero attached hydrogens (tertiary/aromatic N) is 3. The molecule has 0 aliphatic carbocycles. The van der Waals surface area contributed by atoms with Gasteiger partial charge in [-0.1, -0.05) is 6.07 Å². The molecule has 5 nitrogen and oxygen atoms in total. The summed E-state index contributed by atoms with van der Waals surface area (Å²) < 4.78 is 0. The molecule has 6 heteroatoms. The van der Waals surface area contributed by atoms with Crippen molar-refractivity contribution in [1.29, 1.82) is 0 Å². The largest absolute Gasteiger partial charge is 0.329 e. The van der Waals surface area contributed by atoms with Crippen molar-refractivity contribution >= 4 is 17.2 Å². The minimum absolute atomic E-state index is 0.0770. The van der Waals surface area contributed by atoms with Crippen LogP contribution in [0.4, 0.5) is 0 Å². The third-order valence-electron chi connectivity index (χ3n) is 4.14. The molecule has 2 aromatic heterocycles. The molecule has 122 valence electrons. The van der Waals surface area contributed by atoms with Gasteiger partial charge in [-0.05, 0) is 51.4 Å². The number of carbonyl (C=O) groups excluding carboxylic acids is 1. The van der Waals surface area contributed by atoms with E-state index >= 15 is 0 Å².